The third-order valence-electron chi connectivity index (χ3n) is 5.99. The predicted octanol–water partition coefficient (Wildman–Crippen LogP) is 2.95. The second-order valence-electron chi connectivity index (χ2n) is 8.03. The Morgan fingerprint density at radius 1 is 1.43 bits per heavy atom. The van der Waals surface area contributed by atoms with Crippen molar-refractivity contribution in [3.8, 4) is 0 Å². The molecule has 156 valence electrons. The molecule has 1 saturated heterocycles. The fraction of sp³-hybridized carbons (Fsp3) is 0.714. The number of hydrogen-bond acceptors (Lipinski definition) is 4. The van der Waals surface area contributed by atoms with Crippen LogP contribution in [0, 0.1) is 11.2 Å². The minimum atomic E-state index is -0.259. The van der Waals surface area contributed by atoms with Gasteiger partial charge in [-0.3, -0.25) is 4.99 Å². The molecule has 0 spiro atoms. The second kappa shape index (κ2) is 10.0. The Balaban J connectivity index is 1.60. The van der Waals surface area contributed by atoms with Gasteiger partial charge >= 0.3 is 0 Å². The number of methoxy groups -OCH3 is 1. The normalized spacial score (nSPS) is 21.9. The molecule has 2 aliphatic rings. The Labute approximate surface area is 168 Å². The number of anilines is 1. The molecule has 0 amide bonds. The first-order valence-electron chi connectivity index (χ1n) is 10.5. The Kier molecular flexibility index (Phi) is 7.48. The van der Waals surface area contributed by atoms with E-state index in [1.165, 1.54) is 31.7 Å². The first kappa shape index (κ1) is 20.8. The molecule has 1 atom stereocenters. The summed E-state index contributed by atoms with van der Waals surface area (Å²) < 4.78 is 19.4. The summed E-state index contributed by atoms with van der Waals surface area (Å²) in [5, 5.41) is 6.92. The van der Waals surface area contributed by atoms with Crippen LogP contribution in [-0.4, -0.2) is 56.9 Å². The van der Waals surface area contributed by atoms with Crippen molar-refractivity contribution in [1.82, 2.24) is 15.6 Å². The van der Waals surface area contributed by atoms with Crippen molar-refractivity contribution in [1.29, 1.82) is 0 Å². The summed E-state index contributed by atoms with van der Waals surface area (Å²) in [4.78, 5) is 11.1. The highest BCUT2D eigenvalue weighted by molar-refractivity contribution is 5.80. The van der Waals surface area contributed by atoms with E-state index in [0.717, 1.165) is 51.6 Å². The van der Waals surface area contributed by atoms with Gasteiger partial charge in [-0.05, 0) is 50.2 Å². The SMILES string of the molecule is CCNC(=NCC1(CCOC)CCCC1)NC1CCN(c2ncccc2F)C1. The van der Waals surface area contributed by atoms with Gasteiger partial charge in [-0.15, -0.1) is 0 Å². The molecular weight excluding hydrogens is 357 g/mol. The highest BCUT2D eigenvalue weighted by atomic mass is 19.1. The molecular formula is C21H34FN5O. The summed E-state index contributed by atoms with van der Waals surface area (Å²) in [7, 11) is 1.77. The average molecular weight is 392 g/mol. The van der Waals surface area contributed by atoms with Crippen molar-refractivity contribution in [2.24, 2.45) is 10.4 Å². The molecule has 28 heavy (non-hydrogen) atoms. The van der Waals surface area contributed by atoms with Crippen molar-refractivity contribution in [2.45, 2.75) is 51.5 Å². The lowest BCUT2D eigenvalue weighted by molar-refractivity contribution is 0.141. The van der Waals surface area contributed by atoms with Crippen LogP contribution in [-0.2, 0) is 4.74 Å². The van der Waals surface area contributed by atoms with Crippen molar-refractivity contribution in [3.63, 3.8) is 0 Å². The predicted molar refractivity (Wildman–Crippen MR) is 111 cm³/mol. The Morgan fingerprint density at radius 3 is 2.96 bits per heavy atom. The molecule has 1 aromatic heterocycles. The van der Waals surface area contributed by atoms with Crippen molar-refractivity contribution < 1.29 is 9.13 Å². The van der Waals surface area contributed by atoms with Gasteiger partial charge in [0.15, 0.2) is 17.6 Å². The number of rotatable bonds is 8. The number of nitrogens with zero attached hydrogens (tertiary/aromatic N) is 3. The molecule has 1 aliphatic carbocycles. The zero-order valence-corrected chi connectivity index (χ0v) is 17.2. The molecule has 7 heteroatoms. The Bertz CT molecular complexity index is 647. The summed E-state index contributed by atoms with van der Waals surface area (Å²) in [6.45, 7) is 6.06. The lowest BCUT2D eigenvalue weighted by Gasteiger charge is -2.27. The van der Waals surface area contributed by atoms with E-state index in [-0.39, 0.29) is 17.3 Å². The topological polar surface area (TPSA) is 61.8 Å². The minimum Gasteiger partial charge on any atom is -0.385 e. The van der Waals surface area contributed by atoms with Crippen LogP contribution in [0.3, 0.4) is 0 Å². The van der Waals surface area contributed by atoms with E-state index in [9.17, 15) is 4.39 Å². The number of aromatic nitrogens is 1. The maximum Gasteiger partial charge on any atom is 0.191 e. The van der Waals surface area contributed by atoms with E-state index < -0.39 is 0 Å². The van der Waals surface area contributed by atoms with Gasteiger partial charge in [0, 0.05) is 52.1 Å². The average Bonchev–Trinajstić information content (AvgIpc) is 3.35. The number of aliphatic imine (C=N–C) groups is 1. The summed E-state index contributed by atoms with van der Waals surface area (Å²) in [6.07, 6.45) is 8.70. The van der Waals surface area contributed by atoms with Gasteiger partial charge < -0.3 is 20.3 Å². The van der Waals surface area contributed by atoms with Crippen LogP contribution in [0.2, 0.25) is 0 Å². The van der Waals surface area contributed by atoms with Crippen molar-refractivity contribution >= 4 is 11.8 Å². The number of guanidine groups is 1. The van der Waals surface area contributed by atoms with Gasteiger partial charge in [-0.2, -0.15) is 0 Å². The fourth-order valence-electron chi connectivity index (χ4n) is 4.37. The van der Waals surface area contributed by atoms with Crippen LogP contribution in [0.15, 0.2) is 23.3 Å². The lowest BCUT2D eigenvalue weighted by atomic mass is 9.83. The van der Waals surface area contributed by atoms with Gasteiger partial charge in [-0.25, -0.2) is 9.37 Å². The maximum absolute atomic E-state index is 14.0. The van der Waals surface area contributed by atoms with E-state index in [1.54, 1.807) is 19.4 Å². The molecule has 1 unspecified atom stereocenters. The zero-order valence-electron chi connectivity index (χ0n) is 17.2. The van der Waals surface area contributed by atoms with Gasteiger partial charge in [0.1, 0.15) is 0 Å². The zero-order chi connectivity index (χ0) is 19.8. The number of hydrogen-bond donors (Lipinski definition) is 2. The monoisotopic (exact) mass is 391 g/mol. The van der Waals surface area contributed by atoms with E-state index in [4.69, 9.17) is 9.73 Å². The van der Waals surface area contributed by atoms with Gasteiger partial charge in [-0.1, -0.05) is 12.8 Å². The number of halogens is 1. The third-order valence-corrected chi connectivity index (χ3v) is 5.99. The first-order valence-corrected chi connectivity index (χ1v) is 10.5. The quantitative estimate of drug-likeness (QED) is 0.527. The number of ether oxygens (including phenoxy) is 1. The molecule has 3 rings (SSSR count). The highest BCUT2D eigenvalue weighted by Gasteiger charge is 2.33. The lowest BCUT2D eigenvalue weighted by Crippen LogP contribution is -2.45. The molecule has 6 nitrogen and oxygen atoms in total. The van der Waals surface area contributed by atoms with Crippen LogP contribution in [0.25, 0.3) is 0 Å². The molecule has 2 fully saturated rings. The molecule has 0 aromatic carbocycles. The van der Waals surface area contributed by atoms with Crippen LogP contribution in [0.5, 0.6) is 0 Å². The number of pyridine rings is 1. The standard InChI is InChI=1S/C21H34FN5O/c1-3-23-20(25-16-21(11-14-28-2)9-4-5-10-21)26-17-8-13-27(15-17)19-18(22)7-6-12-24-19/h6-7,12,17H,3-5,8-11,13-16H2,1-2H3,(H2,23,25,26). The van der Waals surface area contributed by atoms with Gasteiger partial charge in [0.2, 0.25) is 0 Å². The summed E-state index contributed by atoms with van der Waals surface area (Å²) in [5.74, 6) is 1.04. The molecule has 1 aliphatic heterocycles. The molecule has 0 radical (unpaired) electrons. The molecule has 0 bridgehead atoms. The third kappa shape index (κ3) is 5.34. The Hall–Kier alpha value is -1.89. The van der Waals surface area contributed by atoms with E-state index in [1.807, 2.05) is 4.90 Å². The van der Waals surface area contributed by atoms with Crippen molar-refractivity contribution in [2.75, 3.05) is 44.8 Å². The van der Waals surface area contributed by atoms with Gasteiger partial charge in [0.25, 0.3) is 0 Å². The first-order chi connectivity index (χ1) is 13.7. The van der Waals surface area contributed by atoms with E-state index in [2.05, 4.69) is 22.5 Å². The molecule has 2 heterocycles. The summed E-state index contributed by atoms with van der Waals surface area (Å²) in [5.41, 5.74) is 0.275. The molecule has 1 saturated carbocycles. The minimum absolute atomic E-state index is 0.234. The molecule has 1 aromatic rings. The van der Waals surface area contributed by atoms with Crippen LogP contribution >= 0.6 is 0 Å². The highest BCUT2D eigenvalue weighted by Crippen LogP contribution is 2.41. The summed E-state index contributed by atoms with van der Waals surface area (Å²) >= 11 is 0. The van der Waals surface area contributed by atoms with E-state index in [0.29, 0.717) is 5.82 Å². The van der Waals surface area contributed by atoms with Crippen LogP contribution < -0.4 is 15.5 Å². The van der Waals surface area contributed by atoms with Gasteiger partial charge in [0.05, 0.1) is 0 Å². The Morgan fingerprint density at radius 2 is 2.25 bits per heavy atom. The van der Waals surface area contributed by atoms with Crippen molar-refractivity contribution in [3.05, 3.63) is 24.1 Å². The summed E-state index contributed by atoms with van der Waals surface area (Å²) in [6, 6.07) is 3.33. The molecule has 2 N–H and O–H groups in total. The van der Waals surface area contributed by atoms with Crippen LogP contribution in [0.1, 0.15) is 45.4 Å². The largest absolute Gasteiger partial charge is 0.385 e. The smallest absolute Gasteiger partial charge is 0.191 e. The number of nitrogens with one attached hydrogen (secondary N) is 2. The fourth-order valence-corrected chi connectivity index (χ4v) is 4.37. The second-order valence-corrected chi connectivity index (χ2v) is 8.03. The van der Waals surface area contributed by atoms with E-state index >= 15 is 0 Å². The maximum atomic E-state index is 14.0. The van der Waals surface area contributed by atoms with Crippen LogP contribution in [0.4, 0.5) is 10.2 Å².